The Morgan fingerprint density at radius 2 is 1.70 bits per heavy atom. The molecule has 7 nitrogen and oxygen atoms in total. The van der Waals surface area contributed by atoms with E-state index in [0.717, 1.165) is 16.8 Å². The van der Waals surface area contributed by atoms with Crippen molar-refractivity contribution in [2.45, 2.75) is 39.5 Å². The number of nitrogens with zero attached hydrogens (tertiary/aromatic N) is 3. The second-order valence-corrected chi connectivity index (χ2v) is 9.33. The van der Waals surface area contributed by atoms with Gasteiger partial charge in [0.05, 0.1) is 17.8 Å². The number of hydrogen-bond donors (Lipinski definition) is 3. The van der Waals surface area contributed by atoms with Gasteiger partial charge in [0.15, 0.2) is 0 Å². The van der Waals surface area contributed by atoms with Crippen molar-refractivity contribution in [3.63, 3.8) is 0 Å². The molecule has 0 aliphatic heterocycles. The summed E-state index contributed by atoms with van der Waals surface area (Å²) in [6.45, 7) is 6.00. The van der Waals surface area contributed by atoms with Crippen LogP contribution in [0.5, 0.6) is 0 Å². The summed E-state index contributed by atoms with van der Waals surface area (Å²) < 4.78 is 2.06. The Bertz CT molecular complexity index is 1030. The van der Waals surface area contributed by atoms with E-state index in [4.69, 9.17) is 10.7 Å². The summed E-state index contributed by atoms with van der Waals surface area (Å²) in [5.41, 5.74) is 8.09. The fourth-order valence-corrected chi connectivity index (χ4v) is 4.04. The first-order chi connectivity index (χ1) is 15.7. The van der Waals surface area contributed by atoms with Crippen LogP contribution in [0.15, 0.2) is 66.9 Å². The molecule has 0 saturated carbocycles. The Balaban J connectivity index is 2.16. The Hall–Kier alpha value is -3.00. The summed E-state index contributed by atoms with van der Waals surface area (Å²) in [6, 6.07) is 19.4. The minimum Gasteiger partial charge on any atom is -0.390 e. The number of carbonyl (C=O) groups is 1. The van der Waals surface area contributed by atoms with E-state index >= 15 is 0 Å². The average molecular weight is 451 g/mol. The number of carbonyl (C=O) groups excluding carboxylic acids is 1. The molecule has 3 rings (SSSR count). The zero-order valence-corrected chi connectivity index (χ0v) is 19.6. The van der Waals surface area contributed by atoms with Gasteiger partial charge in [-0.3, -0.25) is 4.79 Å². The molecule has 0 bridgehead atoms. The van der Waals surface area contributed by atoms with Gasteiger partial charge in [0.1, 0.15) is 12.4 Å². The van der Waals surface area contributed by atoms with E-state index in [-0.39, 0.29) is 13.1 Å². The third kappa shape index (κ3) is 6.07. The highest BCUT2D eigenvalue weighted by Gasteiger charge is 2.38. The number of imidazole rings is 1. The lowest BCUT2D eigenvalue weighted by molar-refractivity contribution is -0.141. The summed E-state index contributed by atoms with van der Waals surface area (Å²) in [5.74, 6) is 0.217. The van der Waals surface area contributed by atoms with Crippen LogP contribution in [-0.4, -0.2) is 56.4 Å². The lowest BCUT2D eigenvalue weighted by Gasteiger charge is -2.40. The lowest BCUT2D eigenvalue weighted by Crippen LogP contribution is -2.48. The number of rotatable bonds is 9. The Morgan fingerprint density at radius 3 is 2.24 bits per heavy atom. The molecule has 2 atom stereocenters. The molecule has 33 heavy (non-hydrogen) atoms. The van der Waals surface area contributed by atoms with Crippen LogP contribution in [0, 0.1) is 5.41 Å². The van der Waals surface area contributed by atoms with Gasteiger partial charge in [0.25, 0.3) is 0 Å². The molecule has 176 valence electrons. The summed E-state index contributed by atoms with van der Waals surface area (Å²) in [4.78, 5) is 19.4. The van der Waals surface area contributed by atoms with Crippen LogP contribution < -0.4 is 5.73 Å². The van der Waals surface area contributed by atoms with Crippen LogP contribution in [0.2, 0.25) is 0 Å². The molecular formula is C26H34N4O3. The first kappa shape index (κ1) is 24.6. The Labute approximate surface area is 195 Å². The molecule has 0 radical (unpaired) electrons. The van der Waals surface area contributed by atoms with Crippen LogP contribution in [0.4, 0.5) is 0 Å². The predicted molar refractivity (Wildman–Crippen MR) is 129 cm³/mol. The summed E-state index contributed by atoms with van der Waals surface area (Å²) in [6.07, 6.45) is 1.09. The average Bonchev–Trinajstić information content (AvgIpc) is 3.21. The van der Waals surface area contributed by atoms with E-state index < -0.39 is 30.1 Å². The number of nitrogens with two attached hydrogens (primary N) is 1. The third-order valence-electron chi connectivity index (χ3n) is 5.58. The van der Waals surface area contributed by atoms with Gasteiger partial charge in [-0.2, -0.15) is 0 Å². The number of aliphatic hydroxyl groups excluding tert-OH is 2. The lowest BCUT2D eigenvalue weighted by atomic mass is 9.84. The van der Waals surface area contributed by atoms with Crippen molar-refractivity contribution in [1.82, 2.24) is 14.5 Å². The topological polar surface area (TPSA) is 105 Å². The van der Waals surface area contributed by atoms with Crippen molar-refractivity contribution < 1.29 is 15.0 Å². The molecule has 1 heterocycles. The van der Waals surface area contributed by atoms with Crippen LogP contribution >= 0.6 is 0 Å². The fraction of sp³-hybridized carbons (Fsp3) is 0.385. The number of amides is 1. The first-order valence-corrected chi connectivity index (χ1v) is 11.2. The van der Waals surface area contributed by atoms with Gasteiger partial charge >= 0.3 is 0 Å². The molecule has 0 fully saturated rings. The number of aliphatic hydroxyl groups is 2. The number of benzene rings is 2. The van der Waals surface area contributed by atoms with Crippen LogP contribution in [0.1, 0.15) is 38.2 Å². The Kier molecular flexibility index (Phi) is 8.02. The second kappa shape index (κ2) is 10.7. The van der Waals surface area contributed by atoms with E-state index in [9.17, 15) is 15.0 Å². The molecule has 0 unspecified atom stereocenters. The molecule has 3 aromatic rings. The van der Waals surface area contributed by atoms with Crippen molar-refractivity contribution in [2.24, 2.45) is 11.1 Å². The molecule has 0 saturated heterocycles. The van der Waals surface area contributed by atoms with Crippen molar-refractivity contribution in [1.29, 1.82) is 0 Å². The summed E-state index contributed by atoms with van der Waals surface area (Å²) in [7, 11) is 0. The van der Waals surface area contributed by atoms with Crippen molar-refractivity contribution >= 4 is 5.91 Å². The number of hydrogen-bond acceptors (Lipinski definition) is 5. The smallest absolute Gasteiger partial charge is 0.249 e. The molecule has 0 aliphatic rings. The van der Waals surface area contributed by atoms with Crippen LogP contribution in [-0.2, 0) is 11.3 Å². The molecule has 7 heteroatoms. The summed E-state index contributed by atoms with van der Waals surface area (Å²) in [5, 5.41) is 20.0. The molecule has 0 spiro atoms. The monoisotopic (exact) mass is 450 g/mol. The molecule has 1 aromatic heterocycles. The van der Waals surface area contributed by atoms with Gasteiger partial charge in [0.2, 0.25) is 5.91 Å². The van der Waals surface area contributed by atoms with E-state index in [2.05, 4.69) is 4.57 Å². The Morgan fingerprint density at radius 1 is 1.09 bits per heavy atom. The molecular weight excluding hydrogens is 416 g/mol. The maximum absolute atomic E-state index is 12.9. The normalized spacial score (nSPS) is 13.5. The minimum absolute atomic E-state index is 0.0106. The maximum Gasteiger partial charge on any atom is 0.249 e. The van der Waals surface area contributed by atoms with Crippen molar-refractivity contribution in [3.8, 4) is 11.3 Å². The highest BCUT2D eigenvalue weighted by Crippen LogP contribution is 2.39. The summed E-state index contributed by atoms with van der Waals surface area (Å²) >= 11 is 0. The standard InChI is InChI=1S/C26H34N4O3/c1-26(2,3)24(30(23(33)18-31)16-21(32)14-27)25-28-22(20-12-8-5-9-13-20)17-29(25)15-19-10-6-4-7-11-19/h4-13,17,21,24,31-32H,14-16,18,27H2,1-3H3/t21-,24-/m0/s1. The molecule has 4 N–H and O–H groups in total. The highest BCUT2D eigenvalue weighted by molar-refractivity contribution is 5.77. The first-order valence-electron chi connectivity index (χ1n) is 11.2. The zero-order valence-electron chi connectivity index (χ0n) is 19.6. The maximum atomic E-state index is 12.9. The third-order valence-corrected chi connectivity index (χ3v) is 5.58. The fourth-order valence-electron chi connectivity index (χ4n) is 4.04. The highest BCUT2D eigenvalue weighted by atomic mass is 16.3. The van der Waals surface area contributed by atoms with E-state index in [1.54, 1.807) is 0 Å². The zero-order chi connectivity index (χ0) is 24.0. The second-order valence-electron chi connectivity index (χ2n) is 9.33. The molecule has 1 amide bonds. The van der Waals surface area contributed by atoms with Gasteiger partial charge in [0, 0.05) is 31.4 Å². The quantitative estimate of drug-likeness (QED) is 0.465. The predicted octanol–water partition coefficient (Wildman–Crippen LogP) is 2.83. The minimum atomic E-state index is -0.906. The van der Waals surface area contributed by atoms with E-state index in [0.29, 0.717) is 12.4 Å². The number of aromatic nitrogens is 2. The van der Waals surface area contributed by atoms with Crippen LogP contribution in [0.3, 0.4) is 0 Å². The van der Waals surface area contributed by atoms with Crippen molar-refractivity contribution in [2.75, 3.05) is 19.7 Å². The largest absolute Gasteiger partial charge is 0.390 e. The van der Waals surface area contributed by atoms with E-state index in [1.165, 1.54) is 4.90 Å². The SMILES string of the molecule is CC(C)(C)[C@H](c1nc(-c2ccccc2)cn1Cc1ccccc1)N(C[C@@H](O)CN)C(=O)CO. The van der Waals surface area contributed by atoms with Crippen molar-refractivity contribution in [3.05, 3.63) is 78.2 Å². The molecule has 2 aromatic carbocycles. The van der Waals surface area contributed by atoms with Gasteiger partial charge in [-0.15, -0.1) is 0 Å². The molecule has 0 aliphatic carbocycles. The van der Waals surface area contributed by atoms with Gasteiger partial charge in [-0.05, 0) is 11.0 Å². The van der Waals surface area contributed by atoms with Gasteiger partial charge < -0.3 is 25.4 Å². The van der Waals surface area contributed by atoms with Gasteiger partial charge in [-0.1, -0.05) is 81.4 Å². The van der Waals surface area contributed by atoms with Crippen LogP contribution in [0.25, 0.3) is 11.3 Å². The van der Waals surface area contributed by atoms with E-state index in [1.807, 2.05) is 87.6 Å². The van der Waals surface area contributed by atoms with Gasteiger partial charge in [-0.25, -0.2) is 4.98 Å².